The van der Waals surface area contributed by atoms with Gasteiger partial charge in [0, 0.05) is 61.3 Å². The molecular weight excluding hydrogens is 357 g/mol. The molecule has 0 fully saturated rings. The Morgan fingerprint density at radius 2 is 1.88 bits per heavy atom. The second-order valence-corrected chi connectivity index (χ2v) is 6.69. The van der Waals surface area contributed by atoms with Crippen molar-refractivity contribution in [3.8, 4) is 11.4 Å². The predicted molar refractivity (Wildman–Crippen MR) is 97.3 cm³/mol. The number of halogens is 2. The lowest BCUT2D eigenvalue weighted by molar-refractivity contribution is 0.243. The van der Waals surface area contributed by atoms with Crippen molar-refractivity contribution >= 4 is 23.2 Å². The van der Waals surface area contributed by atoms with Gasteiger partial charge in [0.2, 0.25) is 0 Å². The zero-order valence-corrected chi connectivity index (χ0v) is 14.9. The molecule has 4 rings (SSSR count). The molecule has 1 aliphatic rings. The molecule has 3 aromatic heterocycles. The maximum absolute atomic E-state index is 6.19. The molecule has 0 aliphatic carbocycles. The van der Waals surface area contributed by atoms with E-state index in [2.05, 4.69) is 19.9 Å². The van der Waals surface area contributed by atoms with Gasteiger partial charge >= 0.3 is 0 Å². The standard InChI is InChI=1S/C18H15Cl2N5/c19-16-2-1-13(17(20)24-16)10-25-8-5-15-14(11-25)9-22-18(23-15)12-3-6-21-7-4-12/h1-4,6-7,9H,5,8,10-11H2. The van der Waals surface area contributed by atoms with E-state index in [0.29, 0.717) is 10.3 Å². The molecule has 0 atom stereocenters. The van der Waals surface area contributed by atoms with Crippen LogP contribution in [0.4, 0.5) is 0 Å². The van der Waals surface area contributed by atoms with Gasteiger partial charge in [-0.25, -0.2) is 15.0 Å². The number of fused-ring (bicyclic) bond motifs is 1. The van der Waals surface area contributed by atoms with E-state index in [9.17, 15) is 0 Å². The molecule has 3 aromatic rings. The highest BCUT2D eigenvalue weighted by Gasteiger charge is 2.20. The smallest absolute Gasteiger partial charge is 0.159 e. The molecule has 126 valence electrons. The lowest BCUT2D eigenvalue weighted by Crippen LogP contribution is -2.31. The minimum atomic E-state index is 0.412. The fourth-order valence-corrected chi connectivity index (χ4v) is 3.35. The number of rotatable bonds is 3. The van der Waals surface area contributed by atoms with Gasteiger partial charge in [0.25, 0.3) is 0 Å². The van der Waals surface area contributed by atoms with Crippen LogP contribution in [0.3, 0.4) is 0 Å². The summed E-state index contributed by atoms with van der Waals surface area (Å²) in [5.74, 6) is 0.750. The average Bonchev–Trinajstić information content (AvgIpc) is 2.64. The lowest BCUT2D eigenvalue weighted by Gasteiger charge is -2.28. The normalized spacial score (nSPS) is 14.3. The molecular formula is C18H15Cl2N5. The SMILES string of the molecule is Clc1ccc(CN2CCc3nc(-c4ccncc4)ncc3C2)c(Cl)n1. The van der Waals surface area contributed by atoms with E-state index in [1.807, 2.05) is 24.4 Å². The first kappa shape index (κ1) is 16.4. The second-order valence-electron chi connectivity index (χ2n) is 5.95. The molecule has 25 heavy (non-hydrogen) atoms. The van der Waals surface area contributed by atoms with Gasteiger partial charge in [-0.3, -0.25) is 9.88 Å². The van der Waals surface area contributed by atoms with Crippen LogP contribution in [0.2, 0.25) is 10.3 Å². The number of pyridine rings is 2. The second kappa shape index (κ2) is 7.04. The average molecular weight is 372 g/mol. The molecule has 0 bridgehead atoms. The maximum Gasteiger partial charge on any atom is 0.159 e. The van der Waals surface area contributed by atoms with Crippen molar-refractivity contribution in [1.82, 2.24) is 24.8 Å². The zero-order valence-electron chi connectivity index (χ0n) is 13.4. The van der Waals surface area contributed by atoms with E-state index >= 15 is 0 Å². The third kappa shape index (κ3) is 3.63. The monoisotopic (exact) mass is 371 g/mol. The Balaban J connectivity index is 1.52. The van der Waals surface area contributed by atoms with E-state index in [4.69, 9.17) is 28.2 Å². The van der Waals surface area contributed by atoms with E-state index in [0.717, 1.165) is 54.3 Å². The van der Waals surface area contributed by atoms with Crippen molar-refractivity contribution < 1.29 is 0 Å². The van der Waals surface area contributed by atoms with E-state index in [1.54, 1.807) is 18.5 Å². The quantitative estimate of drug-likeness (QED) is 0.655. The van der Waals surface area contributed by atoms with Crippen LogP contribution < -0.4 is 0 Å². The van der Waals surface area contributed by atoms with Gasteiger partial charge in [0.05, 0.1) is 5.69 Å². The topological polar surface area (TPSA) is 54.8 Å². The molecule has 5 nitrogen and oxygen atoms in total. The molecule has 0 saturated carbocycles. The van der Waals surface area contributed by atoms with Gasteiger partial charge in [-0.05, 0) is 18.2 Å². The molecule has 0 N–H and O–H groups in total. The highest BCUT2D eigenvalue weighted by Crippen LogP contribution is 2.24. The molecule has 0 amide bonds. The maximum atomic E-state index is 6.19. The largest absolute Gasteiger partial charge is 0.294 e. The van der Waals surface area contributed by atoms with Crippen LogP contribution in [0.1, 0.15) is 16.8 Å². The Bertz CT molecular complexity index is 901. The summed E-state index contributed by atoms with van der Waals surface area (Å²) in [6, 6.07) is 7.54. The first-order chi connectivity index (χ1) is 12.2. The number of nitrogens with zero attached hydrogens (tertiary/aromatic N) is 5. The number of hydrogen-bond acceptors (Lipinski definition) is 5. The summed E-state index contributed by atoms with van der Waals surface area (Å²) < 4.78 is 0. The van der Waals surface area contributed by atoms with Gasteiger partial charge in [0.15, 0.2) is 5.82 Å². The van der Waals surface area contributed by atoms with Gasteiger partial charge in [-0.2, -0.15) is 0 Å². The fourth-order valence-electron chi connectivity index (χ4n) is 2.95. The summed E-state index contributed by atoms with van der Waals surface area (Å²) in [5, 5.41) is 0.873. The van der Waals surface area contributed by atoms with E-state index in [1.165, 1.54) is 0 Å². The van der Waals surface area contributed by atoms with Crippen molar-refractivity contribution in [1.29, 1.82) is 0 Å². The van der Waals surface area contributed by atoms with Crippen LogP contribution >= 0.6 is 23.2 Å². The van der Waals surface area contributed by atoms with Crippen LogP contribution in [-0.2, 0) is 19.5 Å². The van der Waals surface area contributed by atoms with Crippen LogP contribution in [-0.4, -0.2) is 31.4 Å². The van der Waals surface area contributed by atoms with E-state index in [-0.39, 0.29) is 0 Å². The Hall–Kier alpha value is -2.08. The summed E-state index contributed by atoms with van der Waals surface area (Å²) in [7, 11) is 0. The number of aromatic nitrogens is 4. The Morgan fingerprint density at radius 3 is 2.68 bits per heavy atom. The van der Waals surface area contributed by atoms with Crippen LogP contribution in [0.15, 0.2) is 42.9 Å². The molecule has 0 saturated heterocycles. The van der Waals surface area contributed by atoms with Crippen LogP contribution in [0.5, 0.6) is 0 Å². The van der Waals surface area contributed by atoms with Crippen LogP contribution in [0.25, 0.3) is 11.4 Å². The summed E-state index contributed by atoms with van der Waals surface area (Å²) in [4.78, 5) is 19.7. The Labute approximate surface area is 155 Å². The highest BCUT2D eigenvalue weighted by atomic mass is 35.5. The molecule has 0 unspecified atom stereocenters. The third-order valence-electron chi connectivity index (χ3n) is 4.24. The van der Waals surface area contributed by atoms with Crippen molar-refractivity contribution in [3.63, 3.8) is 0 Å². The van der Waals surface area contributed by atoms with Crippen molar-refractivity contribution in [2.45, 2.75) is 19.5 Å². The van der Waals surface area contributed by atoms with E-state index < -0.39 is 0 Å². The van der Waals surface area contributed by atoms with Crippen molar-refractivity contribution in [3.05, 3.63) is 70.0 Å². The van der Waals surface area contributed by atoms with Crippen molar-refractivity contribution in [2.24, 2.45) is 0 Å². The third-order valence-corrected chi connectivity index (χ3v) is 4.78. The summed E-state index contributed by atoms with van der Waals surface area (Å²) in [6.45, 7) is 2.44. The lowest BCUT2D eigenvalue weighted by atomic mass is 10.1. The fraction of sp³-hybridized carbons (Fsp3) is 0.222. The predicted octanol–water partition coefficient (Wildman–Crippen LogP) is 3.80. The summed E-state index contributed by atoms with van der Waals surface area (Å²) in [6.07, 6.45) is 6.31. The first-order valence-electron chi connectivity index (χ1n) is 7.97. The first-order valence-corrected chi connectivity index (χ1v) is 8.73. The van der Waals surface area contributed by atoms with Gasteiger partial charge in [0.1, 0.15) is 10.3 Å². The van der Waals surface area contributed by atoms with Crippen LogP contribution in [0, 0.1) is 0 Å². The zero-order chi connectivity index (χ0) is 17.2. The summed E-state index contributed by atoms with van der Waals surface area (Å²) >= 11 is 12.0. The Morgan fingerprint density at radius 1 is 1.04 bits per heavy atom. The van der Waals surface area contributed by atoms with Crippen molar-refractivity contribution in [2.75, 3.05) is 6.54 Å². The molecule has 0 radical (unpaired) electrons. The molecule has 1 aliphatic heterocycles. The molecule has 0 aromatic carbocycles. The van der Waals surface area contributed by atoms with Gasteiger partial charge < -0.3 is 0 Å². The van der Waals surface area contributed by atoms with Gasteiger partial charge in [-0.1, -0.05) is 29.3 Å². The van der Waals surface area contributed by atoms with Gasteiger partial charge in [-0.15, -0.1) is 0 Å². The molecule has 7 heteroatoms. The minimum absolute atomic E-state index is 0.412. The minimum Gasteiger partial charge on any atom is -0.294 e. The molecule has 4 heterocycles. The molecule has 0 spiro atoms. The number of hydrogen-bond donors (Lipinski definition) is 0. The summed E-state index contributed by atoms with van der Waals surface area (Å²) in [5.41, 5.74) is 4.23. The highest BCUT2D eigenvalue weighted by molar-refractivity contribution is 6.32. The Kier molecular flexibility index (Phi) is 4.61.